The van der Waals surface area contributed by atoms with E-state index in [-0.39, 0.29) is 0 Å². The lowest BCUT2D eigenvalue weighted by molar-refractivity contribution is 0.166. The van der Waals surface area contributed by atoms with Crippen molar-refractivity contribution < 1.29 is 5.11 Å². The first-order valence-corrected chi connectivity index (χ1v) is 12.8. The summed E-state index contributed by atoms with van der Waals surface area (Å²) in [6.45, 7) is 9.74. The molecule has 4 heteroatoms. The molecule has 3 rings (SSSR count). The molecular weight excluding hydrogens is 406 g/mol. The number of imidazole rings is 1. The molecular formula is C29H41N3O. The van der Waals surface area contributed by atoms with Gasteiger partial charge in [-0.3, -0.25) is 4.90 Å². The minimum Gasteiger partial charge on any atom is -0.508 e. The molecule has 2 aromatic carbocycles. The zero-order chi connectivity index (χ0) is 23.5. The molecule has 0 amide bonds. The summed E-state index contributed by atoms with van der Waals surface area (Å²) in [5.41, 5.74) is 3.77. The molecule has 0 fully saturated rings. The number of phenols is 1. The van der Waals surface area contributed by atoms with E-state index in [2.05, 4.69) is 78.9 Å². The number of phenolic OH excluding ortho intramolecular Hbond substituents is 1. The number of nitrogens with zero attached hydrogens (tertiary/aromatic N) is 3. The van der Waals surface area contributed by atoms with Crippen LogP contribution in [0.2, 0.25) is 0 Å². The molecule has 0 bridgehead atoms. The molecule has 1 heterocycles. The molecule has 1 unspecified atom stereocenters. The van der Waals surface area contributed by atoms with Gasteiger partial charge >= 0.3 is 0 Å². The Morgan fingerprint density at radius 3 is 2.24 bits per heavy atom. The summed E-state index contributed by atoms with van der Waals surface area (Å²) in [4.78, 5) is 7.59. The van der Waals surface area contributed by atoms with Crippen LogP contribution in [0, 0.1) is 0 Å². The Kier molecular flexibility index (Phi) is 10.0. The smallest absolute Gasteiger partial charge is 0.140 e. The van der Waals surface area contributed by atoms with Gasteiger partial charge < -0.3 is 9.67 Å². The highest BCUT2D eigenvalue weighted by atomic mass is 16.3. The fraction of sp³-hybridized carbons (Fsp3) is 0.483. The third-order valence-electron chi connectivity index (χ3n) is 6.39. The first-order chi connectivity index (χ1) is 16.2. The molecule has 0 saturated heterocycles. The molecule has 0 saturated carbocycles. The van der Waals surface area contributed by atoms with E-state index in [4.69, 9.17) is 4.98 Å². The number of unbranched alkanes of at least 4 members (excludes halogenated alkanes) is 3. The van der Waals surface area contributed by atoms with Crippen LogP contribution in [0.15, 0.2) is 60.8 Å². The normalized spacial score (nSPS) is 12.4. The average molecular weight is 448 g/mol. The number of hydrogen-bond donors (Lipinski definition) is 1. The second-order valence-electron chi connectivity index (χ2n) is 9.03. The van der Waals surface area contributed by atoms with Crippen molar-refractivity contribution in [3.8, 4) is 17.1 Å². The predicted molar refractivity (Wildman–Crippen MR) is 138 cm³/mol. The van der Waals surface area contributed by atoms with Crippen molar-refractivity contribution in [1.82, 2.24) is 14.5 Å². The lowest BCUT2D eigenvalue weighted by Gasteiger charge is -2.33. The molecule has 0 radical (unpaired) electrons. The summed E-state index contributed by atoms with van der Waals surface area (Å²) in [5.74, 6) is 1.41. The van der Waals surface area contributed by atoms with Gasteiger partial charge in [0, 0.05) is 18.7 Å². The Labute approximate surface area is 200 Å². The van der Waals surface area contributed by atoms with Gasteiger partial charge in [-0.25, -0.2) is 4.98 Å². The van der Waals surface area contributed by atoms with E-state index in [9.17, 15) is 5.11 Å². The summed E-state index contributed by atoms with van der Waals surface area (Å²) in [6, 6.07) is 18.6. The highest BCUT2D eigenvalue weighted by molar-refractivity contribution is 5.56. The van der Waals surface area contributed by atoms with Crippen molar-refractivity contribution in [2.45, 2.75) is 84.8 Å². The Hall–Kier alpha value is -2.59. The summed E-state index contributed by atoms with van der Waals surface area (Å²) in [7, 11) is 0. The first-order valence-electron chi connectivity index (χ1n) is 12.8. The van der Waals surface area contributed by atoms with E-state index in [1.165, 1.54) is 48.9 Å². The number of hydrogen-bond acceptors (Lipinski definition) is 3. The van der Waals surface area contributed by atoms with Gasteiger partial charge in [-0.1, -0.05) is 88.9 Å². The number of aromatic nitrogens is 2. The molecule has 1 aromatic heterocycles. The van der Waals surface area contributed by atoms with E-state index < -0.39 is 0 Å². The summed E-state index contributed by atoms with van der Waals surface area (Å²) in [5, 5.41) is 9.74. The summed E-state index contributed by atoms with van der Waals surface area (Å²) in [6.07, 6.45) is 10.3. The van der Waals surface area contributed by atoms with Crippen LogP contribution in [-0.4, -0.2) is 26.1 Å². The topological polar surface area (TPSA) is 41.3 Å². The second-order valence-corrected chi connectivity index (χ2v) is 9.03. The molecule has 0 spiro atoms. The molecule has 1 N–H and O–H groups in total. The van der Waals surface area contributed by atoms with E-state index in [1.54, 1.807) is 12.1 Å². The van der Waals surface area contributed by atoms with E-state index >= 15 is 0 Å². The molecule has 0 aliphatic rings. The monoisotopic (exact) mass is 447 g/mol. The maximum Gasteiger partial charge on any atom is 0.140 e. The number of aromatic hydroxyl groups is 1. The average Bonchev–Trinajstić information content (AvgIpc) is 3.26. The highest BCUT2D eigenvalue weighted by Crippen LogP contribution is 2.32. The zero-order valence-corrected chi connectivity index (χ0v) is 20.7. The minimum atomic E-state index is 0.325. The van der Waals surface area contributed by atoms with Crippen LogP contribution < -0.4 is 0 Å². The number of rotatable bonds is 14. The van der Waals surface area contributed by atoms with Crippen molar-refractivity contribution in [1.29, 1.82) is 0 Å². The van der Waals surface area contributed by atoms with Crippen molar-refractivity contribution >= 4 is 0 Å². The van der Waals surface area contributed by atoms with Crippen LogP contribution in [0.5, 0.6) is 5.75 Å². The Bertz CT molecular complexity index is 933. The number of benzene rings is 2. The first kappa shape index (κ1) is 25.0. The highest BCUT2D eigenvalue weighted by Gasteiger charge is 2.25. The van der Waals surface area contributed by atoms with Crippen LogP contribution in [-0.2, 0) is 13.1 Å². The predicted octanol–water partition coefficient (Wildman–Crippen LogP) is 7.59. The van der Waals surface area contributed by atoms with Crippen molar-refractivity contribution in [2.75, 3.05) is 6.54 Å². The maximum atomic E-state index is 9.74. The van der Waals surface area contributed by atoms with Crippen LogP contribution in [0.4, 0.5) is 0 Å². The van der Waals surface area contributed by atoms with Gasteiger partial charge in [0.05, 0.1) is 17.9 Å². The Balaban J connectivity index is 2.00. The summed E-state index contributed by atoms with van der Waals surface area (Å²) < 4.78 is 2.48. The van der Waals surface area contributed by atoms with Crippen LogP contribution in [0.25, 0.3) is 11.4 Å². The maximum absolute atomic E-state index is 9.74. The largest absolute Gasteiger partial charge is 0.508 e. The van der Waals surface area contributed by atoms with Crippen molar-refractivity contribution in [3.63, 3.8) is 0 Å². The van der Waals surface area contributed by atoms with Gasteiger partial charge in [-0.05, 0) is 43.5 Å². The molecule has 178 valence electrons. The van der Waals surface area contributed by atoms with Crippen LogP contribution in [0.3, 0.4) is 0 Å². The molecule has 0 aliphatic carbocycles. The van der Waals surface area contributed by atoms with Crippen molar-refractivity contribution in [3.05, 3.63) is 72.1 Å². The fourth-order valence-corrected chi connectivity index (χ4v) is 4.48. The molecule has 0 aliphatic heterocycles. The van der Waals surface area contributed by atoms with Gasteiger partial charge in [0.2, 0.25) is 0 Å². The molecule has 4 nitrogen and oxygen atoms in total. The van der Waals surface area contributed by atoms with E-state index in [0.29, 0.717) is 11.8 Å². The third kappa shape index (κ3) is 6.94. The van der Waals surface area contributed by atoms with Crippen LogP contribution in [0.1, 0.15) is 83.0 Å². The van der Waals surface area contributed by atoms with Crippen molar-refractivity contribution in [2.24, 2.45) is 0 Å². The van der Waals surface area contributed by atoms with E-state index in [1.807, 2.05) is 0 Å². The SMILES string of the molecule is CCCCC(c1cnc(-c2ccccc2)n1CCCC)N(CCCC)Cc1ccc(O)cc1. The lowest BCUT2D eigenvalue weighted by Crippen LogP contribution is -2.31. The van der Waals surface area contributed by atoms with Gasteiger partial charge in [-0.2, -0.15) is 0 Å². The van der Waals surface area contributed by atoms with Gasteiger partial charge in [0.25, 0.3) is 0 Å². The van der Waals surface area contributed by atoms with Crippen LogP contribution >= 0.6 is 0 Å². The third-order valence-corrected chi connectivity index (χ3v) is 6.39. The van der Waals surface area contributed by atoms with Gasteiger partial charge in [-0.15, -0.1) is 0 Å². The Morgan fingerprint density at radius 2 is 1.58 bits per heavy atom. The molecule has 3 aromatic rings. The lowest BCUT2D eigenvalue weighted by atomic mass is 10.0. The van der Waals surface area contributed by atoms with E-state index in [0.717, 1.165) is 38.3 Å². The van der Waals surface area contributed by atoms with Gasteiger partial charge in [0.15, 0.2) is 0 Å². The molecule has 1 atom stereocenters. The second kappa shape index (κ2) is 13.2. The minimum absolute atomic E-state index is 0.325. The zero-order valence-electron chi connectivity index (χ0n) is 20.7. The summed E-state index contributed by atoms with van der Waals surface area (Å²) >= 11 is 0. The van der Waals surface area contributed by atoms with Gasteiger partial charge in [0.1, 0.15) is 11.6 Å². The standard InChI is InChI=1S/C29H41N3O/c1-4-7-15-27(31(20-8-5-2)23-24-16-18-26(33)19-17-24)28-22-30-29(32(28)21-9-6-3)25-13-11-10-12-14-25/h10-14,16-19,22,27,33H,4-9,15,20-21,23H2,1-3H3. The molecule has 33 heavy (non-hydrogen) atoms. The quantitative estimate of drug-likeness (QED) is 0.277. The Morgan fingerprint density at radius 1 is 0.879 bits per heavy atom. The fourth-order valence-electron chi connectivity index (χ4n) is 4.48.